The number of benzene rings is 2. The summed E-state index contributed by atoms with van der Waals surface area (Å²) in [6.45, 7) is 0.714. The number of nitrogens with zero attached hydrogens (tertiary/aromatic N) is 2. The van der Waals surface area contributed by atoms with Crippen molar-refractivity contribution >= 4 is 39.2 Å². The molecular weight excluding hydrogens is 357 g/mol. The van der Waals surface area contributed by atoms with Crippen molar-refractivity contribution < 1.29 is 17.9 Å². The summed E-state index contributed by atoms with van der Waals surface area (Å²) in [5, 5.41) is 0.696. The molecule has 0 radical (unpaired) electrons. The Morgan fingerprint density at radius 1 is 1.27 bits per heavy atom. The fourth-order valence-electron chi connectivity index (χ4n) is 3.36. The Kier molecular flexibility index (Phi) is 4.21. The zero-order valence-corrected chi connectivity index (χ0v) is 14.7. The average molecular weight is 372 g/mol. The predicted octanol–water partition coefficient (Wildman–Crippen LogP) is 3.28. The highest BCUT2D eigenvalue weighted by molar-refractivity contribution is 7.80. The first-order valence-electron chi connectivity index (χ1n) is 7.96. The van der Waals surface area contributed by atoms with Gasteiger partial charge in [0.25, 0.3) is 0 Å². The molecule has 1 aliphatic heterocycles. The summed E-state index contributed by atoms with van der Waals surface area (Å²) in [7, 11) is 1.42. The van der Waals surface area contributed by atoms with Crippen LogP contribution < -0.4 is 14.4 Å². The molecule has 4 rings (SSSR count). The lowest BCUT2D eigenvalue weighted by atomic mass is 10.1. The van der Waals surface area contributed by atoms with Crippen LogP contribution in [0, 0.1) is 5.82 Å². The van der Waals surface area contributed by atoms with Gasteiger partial charge in [0.1, 0.15) is 5.52 Å². The van der Waals surface area contributed by atoms with Crippen LogP contribution in [0.3, 0.4) is 0 Å². The van der Waals surface area contributed by atoms with E-state index >= 15 is 0 Å². The number of hydrogen-bond donors (Lipinski definition) is 1. The number of pyridine rings is 1. The Bertz CT molecular complexity index is 1030. The van der Waals surface area contributed by atoms with E-state index in [1.54, 1.807) is 24.4 Å². The lowest BCUT2D eigenvalue weighted by molar-refractivity contribution is 0.388. The second-order valence-electron chi connectivity index (χ2n) is 5.89. The van der Waals surface area contributed by atoms with Crippen LogP contribution in [0.25, 0.3) is 10.9 Å². The molecule has 2 heterocycles. The van der Waals surface area contributed by atoms with Crippen molar-refractivity contribution in [3.8, 4) is 5.75 Å². The van der Waals surface area contributed by atoms with E-state index in [1.807, 2.05) is 18.2 Å². The Balaban J connectivity index is 1.79. The molecule has 1 unspecified atom stereocenters. The smallest absolute Gasteiger partial charge is 0.191 e. The van der Waals surface area contributed by atoms with Gasteiger partial charge in [0, 0.05) is 40.8 Å². The minimum absolute atomic E-state index is 0.158. The minimum atomic E-state index is -2.36. The van der Waals surface area contributed by atoms with Gasteiger partial charge in [-0.25, -0.2) is 4.39 Å². The highest BCUT2D eigenvalue weighted by Crippen LogP contribution is 2.40. The summed E-state index contributed by atoms with van der Waals surface area (Å²) < 4.78 is 43.6. The zero-order chi connectivity index (χ0) is 18.3. The van der Waals surface area contributed by atoms with Crippen molar-refractivity contribution in [1.29, 1.82) is 0 Å². The number of halogens is 1. The van der Waals surface area contributed by atoms with Crippen molar-refractivity contribution in [1.82, 2.24) is 4.98 Å². The lowest BCUT2D eigenvalue weighted by Crippen LogP contribution is -2.14. The van der Waals surface area contributed by atoms with E-state index in [0.717, 1.165) is 23.4 Å². The molecular formula is C18H15FN3O3S-. The summed E-state index contributed by atoms with van der Waals surface area (Å²) in [4.78, 5) is 6.25. The quantitative estimate of drug-likeness (QED) is 0.711. The van der Waals surface area contributed by atoms with Gasteiger partial charge in [-0.05, 0) is 48.4 Å². The molecule has 8 heteroatoms. The fraction of sp³-hybridized carbons (Fsp3) is 0.167. The van der Waals surface area contributed by atoms with Gasteiger partial charge in [-0.3, -0.25) is 9.19 Å². The van der Waals surface area contributed by atoms with E-state index in [2.05, 4.69) is 14.6 Å². The van der Waals surface area contributed by atoms with Crippen LogP contribution in [-0.2, 0) is 17.7 Å². The molecule has 0 bridgehead atoms. The molecule has 134 valence electrons. The third kappa shape index (κ3) is 2.77. The van der Waals surface area contributed by atoms with Crippen molar-refractivity contribution in [3.63, 3.8) is 0 Å². The van der Waals surface area contributed by atoms with Gasteiger partial charge in [-0.1, -0.05) is 0 Å². The van der Waals surface area contributed by atoms with Crippen LogP contribution in [0.1, 0.15) is 5.56 Å². The summed E-state index contributed by atoms with van der Waals surface area (Å²) >= 11 is -2.36. The second kappa shape index (κ2) is 6.54. The summed E-state index contributed by atoms with van der Waals surface area (Å²) in [5.41, 5.74) is 3.63. The molecule has 26 heavy (non-hydrogen) atoms. The molecule has 0 amide bonds. The zero-order valence-electron chi connectivity index (χ0n) is 13.9. The predicted molar refractivity (Wildman–Crippen MR) is 97.9 cm³/mol. The third-order valence-corrected chi connectivity index (χ3v) is 4.88. The van der Waals surface area contributed by atoms with Crippen molar-refractivity contribution in [2.24, 2.45) is 0 Å². The number of aromatic nitrogens is 1. The van der Waals surface area contributed by atoms with E-state index in [0.29, 0.717) is 17.6 Å². The van der Waals surface area contributed by atoms with Gasteiger partial charge in [0.15, 0.2) is 11.6 Å². The van der Waals surface area contributed by atoms with Crippen LogP contribution in [-0.4, -0.2) is 27.4 Å². The van der Waals surface area contributed by atoms with E-state index in [1.165, 1.54) is 7.11 Å². The first-order valence-corrected chi connectivity index (χ1v) is 9.03. The van der Waals surface area contributed by atoms with E-state index < -0.39 is 17.1 Å². The van der Waals surface area contributed by atoms with E-state index in [9.17, 15) is 13.2 Å². The van der Waals surface area contributed by atoms with Crippen LogP contribution in [0.2, 0.25) is 0 Å². The molecule has 0 saturated heterocycles. The van der Waals surface area contributed by atoms with Gasteiger partial charge in [0.2, 0.25) is 0 Å². The van der Waals surface area contributed by atoms with E-state index in [4.69, 9.17) is 4.74 Å². The Morgan fingerprint density at radius 3 is 2.88 bits per heavy atom. The van der Waals surface area contributed by atoms with Gasteiger partial charge >= 0.3 is 0 Å². The van der Waals surface area contributed by atoms with Gasteiger partial charge < -0.3 is 18.9 Å². The largest absolute Gasteiger partial charge is 0.755 e. The molecule has 1 atom stereocenters. The molecule has 6 nitrogen and oxygen atoms in total. The lowest BCUT2D eigenvalue weighted by Gasteiger charge is -2.22. The van der Waals surface area contributed by atoms with Crippen LogP contribution in [0.15, 0.2) is 42.6 Å². The summed E-state index contributed by atoms with van der Waals surface area (Å²) in [6, 6.07) is 10.6. The normalized spacial score (nSPS) is 14.3. The van der Waals surface area contributed by atoms with Crippen molar-refractivity contribution in [2.75, 3.05) is 23.3 Å². The third-order valence-electron chi connectivity index (χ3n) is 4.48. The molecule has 0 spiro atoms. The first-order chi connectivity index (χ1) is 12.6. The van der Waals surface area contributed by atoms with Gasteiger partial charge in [0.05, 0.1) is 12.8 Å². The monoisotopic (exact) mass is 372 g/mol. The highest BCUT2D eigenvalue weighted by atomic mass is 32.2. The number of rotatable bonds is 4. The topological polar surface area (TPSA) is 77.5 Å². The molecule has 1 aromatic heterocycles. The van der Waals surface area contributed by atoms with Crippen LogP contribution in [0.5, 0.6) is 5.75 Å². The number of anilines is 3. The highest BCUT2D eigenvalue weighted by Gasteiger charge is 2.23. The SMILES string of the molecule is COc1ccc2c(N3CCc4cc(NS(=O)[O-])ccc43)ccnc2c1F. The van der Waals surface area contributed by atoms with E-state index in [-0.39, 0.29) is 11.3 Å². The number of hydrogen-bond acceptors (Lipinski definition) is 5. The Morgan fingerprint density at radius 2 is 2.12 bits per heavy atom. The second-order valence-corrected chi connectivity index (χ2v) is 6.56. The summed E-state index contributed by atoms with van der Waals surface area (Å²) in [6.07, 6.45) is 2.34. The number of fused-ring (bicyclic) bond motifs is 2. The number of methoxy groups -OCH3 is 1. The molecule has 1 aliphatic rings. The van der Waals surface area contributed by atoms with Gasteiger partial charge in [-0.2, -0.15) is 0 Å². The molecule has 0 saturated carbocycles. The van der Waals surface area contributed by atoms with Crippen LogP contribution in [0.4, 0.5) is 21.5 Å². The van der Waals surface area contributed by atoms with Crippen LogP contribution >= 0.6 is 0 Å². The first kappa shape index (κ1) is 16.7. The molecule has 0 aliphatic carbocycles. The average Bonchev–Trinajstić information content (AvgIpc) is 3.04. The maximum atomic E-state index is 14.5. The molecule has 3 aromatic rings. The van der Waals surface area contributed by atoms with Gasteiger partial charge in [-0.15, -0.1) is 0 Å². The number of nitrogens with one attached hydrogen (secondary N) is 1. The van der Waals surface area contributed by atoms with Crippen molar-refractivity contribution in [3.05, 3.63) is 54.0 Å². The Labute approximate surface area is 152 Å². The maximum absolute atomic E-state index is 14.5. The summed E-state index contributed by atoms with van der Waals surface area (Å²) in [5.74, 6) is -0.325. The Hall–Kier alpha value is -2.71. The standard InChI is InChI=1S/C18H16FN3O3S/c1-25-16-5-3-13-15(6-8-20-18(13)17(16)19)22-9-7-11-10-12(21-26(23)24)2-4-14(11)22/h2-6,8,10,21H,7,9H2,1H3,(H,23,24)/p-1. The maximum Gasteiger partial charge on any atom is 0.191 e. The number of ether oxygens (including phenoxy) is 1. The molecule has 0 fully saturated rings. The molecule has 1 N–H and O–H groups in total. The van der Waals surface area contributed by atoms with Crippen molar-refractivity contribution in [2.45, 2.75) is 6.42 Å². The minimum Gasteiger partial charge on any atom is -0.755 e. The fourth-order valence-corrected chi connectivity index (χ4v) is 3.68. The molecule has 2 aromatic carbocycles.